The van der Waals surface area contributed by atoms with Crippen molar-refractivity contribution in [1.82, 2.24) is 9.78 Å². The van der Waals surface area contributed by atoms with Gasteiger partial charge in [0.05, 0.1) is 30.0 Å². The lowest BCUT2D eigenvalue weighted by molar-refractivity contribution is 0.0968. The molecule has 0 fully saturated rings. The number of nitrogens with zero attached hydrogens (tertiary/aromatic N) is 2. The maximum atomic E-state index is 13.3. The molecule has 0 saturated carbocycles. The van der Waals surface area contributed by atoms with Gasteiger partial charge in [0.1, 0.15) is 5.82 Å². The molecule has 1 aromatic heterocycles. The van der Waals surface area contributed by atoms with E-state index in [1.54, 1.807) is 26.0 Å². The summed E-state index contributed by atoms with van der Waals surface area (Å²) in [6.45, 7) is 3.48. The molecule has 31 heavy (non-hydrogen) atoms. The monoisotopic (exact) mass is 446 g/mol. The minimum absolute atomic E-state index is 0.00652. The second kappa shape index (κ2) is 8.60. The average Bonchev–Trinajstić information content (AvgIpc) is 2.73. The molecule has 0 bridgehead atoms. The van der Waals surface area contributed by atoms with Crippen LogP contribution in [0, 0.1) is 11.2 Å². The van der Waals surface area contributed by atoms with Crippen molar-refractivity contribution in [3.63, 3.8) is 0 Å². The highest BCUT2D eigenvalue weighted by atomic mass is 32.2. The van der Waals surface area contributed by atoms with Gasteiger partial charge in [-0.3, -0.25) is 4.79 Å². The molecule has 0 aliphatic carbocycles. The molecule has 7 nitrogen and oxygen atoms in total. The lowest BCUT2D eigenvalue weighted by Crippen LogP contribution is -2.29. The van der Waals surface area contributed by atoms with Crippen molar-refractivity contribution in [2.75, 3.05) is 19.5 Å². The number of hydrogen-bond acceptors (Lipinski definition) is 6. The van der Waals surface area contributed by atoms with Gasteiger partial charge in [-0.2, -0.15) is 9.78 Å². The summed E-state index contributed by atoms with van der Waals surface area (Å²) < 4.78 is 43.7. The third-order valence-electron chi connectivity index (χ3n) is 4.63. The SMILES string of the molecule is CC(C)(CO)COc1c(-c2ccc(S(C)(=O)=O)cc2)cnn(-c2ccc(F)cc2)c1=O. The van der Waals surface area contributed by atoms with E-state index in [2.05, 4.69) is 5.10 Å². The van der Waals surface area contributed by atoms with Gasteiger partial charge < -0.3 is 9.84 Å². The van der Waals surface area contributed by atoms with Crippen LogP contribution < -0.4 is 10.3 Å². The molecule has 164 valence electrons. The number of benzene rings is 2. The highest BCUT2D eigenvalue weighted by Crippen LogP contribution is 2.29. The van der Waals surface area contributed by atoms with E-state index in [0.29, 0.717) is 16.8 Å². The minimum atomic E-state index is -3.37. The Bertz CT molecular complexity index is 1230. The summed E-state index contributed by atoms with van der Waals surface area (Å²) >= 11 is 0. The van der Waals surface area contributed by atoms with E-state index in [1.165, 1.54) is 42.6 Å². The normalized spacial score (nSPS) is 12.0. The highest BCUT2D eigenvalue weighted by Gasteiger charge is 2.22. The largest absolute Gasteiger partial charge is 0.487 e. The van der Waals surface area contributed by atoms with E-state index in [4.69, 9.17) is 4.74 Å². The van der Waals surface area contributed by atoms with Gasteiger partial charge in [-0.05, 0) is 42.0 Å². The molecule has 0 aliphatic heterocycles. The molecule has 1 heterocycles. The summed E-state index contributed by atoms with van der Waals surface area (Å²) in [6.07, 6.45) is 2.54. The van der Waals surface area contributed by atoms with E-state index >= 15 is 0 Å². The van der Waals surface area contributed by atoms with Gasteiger partial charge in [-0.1, -0.05) is 26.0 Å². The number of aliphatic hydroxyl groups is 1. The lowest BCUT2D eigenvalue weighted by atomic mass is 9.96. The third-order valence-corrected chi connectivity index (χ3v) is 5.76. The van der Waals surface area contributed by atoms with Crippen LogP contribution in [0.3, 0.4) is 0 Å². The van der Waals surface area contributed by atoms with Crippen molar-refractivity contribution in [3.8, 4) is 22.6 Å². The fourth-order valence-corrected chi connectivity index (χ4v) is 3.37. The Morgan fingerprint density at radius 1 is 1.10 bits per heavy atom. The van der Waals surface area contributed by atoms with Gasteiger partial charge in [0.2, 0.25) is 0 Å². The molecule has 0 aliphatic rings. The molecule has 2 aromatic carbocycles. The van der Waals surface area contributed by atoms with Crippen LogP contribution in [-0.2, 0) is 9.84 Å². The first kappa shape index (κ1) is 22.6. The molecule has 0 radical (unpaired) electrons. The van der Waals surface area contributed by atoms with Gasteiger partial charge >= 0.3 is 5.56 Å². The summed E-state index contributed by atoms with van der Waals surface area (Å²) in [4.78, 5) is 13.3. The Morgan fingerprint density at radius 2 is 1.71 bits per heavy atom. The Labute approximate surface area is 179 Å². The van der Waals surface area contributed by atoms with Crippen LogP contribution in [0.1, 0.15) is 13.8 Å². The molecule has 0 amide bonds. The molecular formula is C22H23FN2O5S. The second-order valence-electron chi connectivity index (χ2n) is 7.99. The number of aromatic nitrogens is 2. The van der Waals surface area contributed by atoms with Crippen LogP contribution in [0.2, 0.25) is 0 Å². The molecule has 1 N–H and O–H groups in total. The van der Waals surface area contributed by atoms with Crippen molar-refractivity contribution in [3.05, 3.63) is 70.9 Å². The summed E-state index contributed by atoms with van der Waals surface area (Å²) in [5.41, 5.74) is 0.104. The first-order chi connectivity index (χ1) is 14.5. The zero-order valence-corrected chi connectivity index (χ0v) is 18.2. The summed E-state index contributed by atoms with van der Waals surface area (Å²) in [5, 5.41) is 13.7. The predicted molar refractivity (Wildman–Crippen MR) is 115 cm³/mol. The smallest absolute Gasteiger partial charge is 0.314 e. The maximum absolute atomic E-state index is 13.3. The number of hydrogen-bond donors (Lipinski definition) is 1. The standard InChI is InChI=1S/C22H23FN2O5S/c1-22(2,13-26)14-30-20-19(15-4-10-18(11-5-15)31(3,28)29)12-24-25(21(20)27)17-8-6-16(23)7-9-17/h4-12,26H,13-14H2,1-3H3. The number of ether oxygens (including phenoxy) is 1. The van der Waals surface area contributed by atoms with Crippen LogP contribution in [0.5, 0.6) is 5.75 Å². The van der Waals surface area contributed by atoms with Gasteiger partial charge in [0.15, 0.2) is 15.6 Å². The van der Waals surface area contributed by atoms with Crippen LogP contribution in [0.4, 0.5) is 4.39 Å². The van der Waals surface area contributed by atoms with Gasteiger partial charge in [-0.25, -0.2) is 12.8 Å². The average molecular weight is 447 g/mol. The van der Waals surface area contributed by atoms with Gasteiger partial charge in [-0.15, -0.1) is 0 Å². The molecule has 0 saturated heterocycles. The van der Waals surface area contributed by atoms with Crippen LogP contribution in [0.25, 0.3) is 16.8 Å². The molecule has 9 heteroatoms. The summed E-state index contributed by atoms with van der Waals surface area (Å²) in [6, 6.07) is 11.3. The first-order valence-corrected chi connectivity index (χ1v) is 11.3. The number of aliphatic hydroxyl groups excluding tert-OH is 1. The predicted octanol–water partition coefficient (Wildman–Crippen LogP) is 2.84. The molecule has 0 unspecified atom stereocenters. The number of sulfone groups is 1. The van der Waals surface area contributed by atoms with E-state index in [1.807, 2.05) is 0 Å². The second-order valence-corrected chi connectivity index (χ2v) is 10.0. The third kappa shape index (κ3) is 5.18. The summed E-state index contributed by atoms with van der Waals surface area (Å²) in [7, 11) is -3.37. The Hall–Kier alpha value is -3.04. The Kier molecular flexibility index (Phi) is 6.28. The molecule has 3 aromatic rings. The minimum Gasteiger partial charge on any atom is -0.487 e. The van der Waals surface area contributed by atoms with E-state index in [0.717, 1.165) is 10.9 Å². The number of rotatable bonds is 7. The van der Waals surface area contributed by atoms with Crippen LogP contribution >= 0.6 is 0 Å². The first-order valence-electron chi connectivity index (χ1n) is 9.44. The van der Waals surface area contributed by atoms with Gasteiger partial charge in [0, 0.05) is 17.2 Å². The summed E-state index contributed by atoms with van der Waals surface area (Å²) in [5.74, 6) is -0.450. The van der Waals surface area contributed by atoms with E-state index in [9.17, 15) is 22.7 Å². The van der Waals surface area contributed by atoms with Crippen LogP contribution in [0.15, 0.2) is 64.4 Å². The van der Waals surface area contributed by atoms with Crippen molar-refractivity contribution < 1.29 is 22.7 Å². The Morgan fingerprint density at radius 3 is 2.26 bits per heavy atom. The fraction of sp³-hybridized carbons (Fsp3) is 0.273. The van der Waals surface area contributed by atoms with Crippen molar-refractivity contribution in [1.29, 1.82) is 0 Å². The van der Waals surface area contributed by atoms with Crippen molar-refractivity contribution in [2.45, 2.75) is 18.7 Å². The molecular weight excluding hydrogens is 423 g/mol. The topological polar surface area (TPSA) is 98.5 Å². The zero-order chi connectivity index (χ0) is 22.8. The van der Waals surface area contributed by atoms with Gasteiger partial charge in [0.25, 0.3) is 0 Å². The number of halogens is 1. The quantitative estimate of drug-likeness (QED) is 0.599. The fourth-order valence-electron chi connectivity index (χ4n) is 2.74. The maximum Gasteiger partial charge on any atom is 0.314 e. The van der Waals surface area contributed by atoms with E-state index in [-0.39, 0.29) is 23.9 Å². The zero-order valence-electron chi connectivity index (χ0n) is 17.4. The van der Waals surface area contributed by atoms with E-state index < -0.39 is 26.6 Å². The molecule has 0 spiro atoms. The van der Waals surface area contributed by atoms with Crippen LogP contribution in [-0.4, -0.2) is 42.8 Å². The highest BCUT2D eigenvalue weighted by molar-refractivity contribution is 7.90. The van der Waals surface area contributed by atoms with Crippen molar-refractivity contribution >= 4 is 9.84 Å². The van der Waals surface area contributed by atoms with Crippen molar-refractivity contribution in [2.24, 2.45) is 5.41 Å². The molecule has 3 rings (SSSR count). The lowest BCUT2D eigenvalue weighted by Gasteiger charge is -2.22. The Balaban J connectivity index is 2.12. The molecule has 0 atom stereocenters.